The Morgan fingerprint density at radius 3 is 2.45 bits per heavy atom. The maximum Gasteiger partial charge on any atom is 0.245 e. The number of hydrogen-bond donors (Lipinski definition) is 1. The number of nitrogens with one attached hydrogen (secondary N) is 1. The molecule has 29 heavy (non-hydrogen) atoms. The van der Waals surface area contributed by atoms with Crippen molar-refractivity contribution in [3.8, 4) is 5.69 Å². The summed E-state index contributed by atoms with van der Waals surface area (Å²) in [5.74, 6) is 0.406. The van der Waals surface area contributed by atoms with E-state index in [9.17, 15) is 9.59 Å². The third kappa shape index (κ3) is 5.92. The summed E-state index contributed by atoms with van der Waals surface area (Å²) in [6, 6.07) is 9.86. The summed E-state index contributed by atoms with van der Waals surface area (Å²) in [5, 5.41) is 7.75. The predicted octanol–water partition coefficient (Wildman–Crippen LogP) is 4.46. The van der Waals surface area contributed by atoms with Gasteiger partial charge in [0.1, 0.15) is 5.82 Å². The van der Waals surface area contributed by atoms with E-state index in [-0.39, 0.29) is 23.8 Å². The maximum atomic E-state index is 12.8. The Morgan fingerprint density at radius 2 is 1.86 bits per heavy atom. The van der Waals surface area contributed by atoms with Crippen LogP contribution in [0.15, 0.2) is 30.3 Å². The molecule has 0 aliphatic rings. The lowest BCUT2D eigenvalue weighted by Crippen LogP contribution is -2.38. The second-order valence-corrected chi connectivity index (χ2v) is 8.43. The highest BCUT2D eigenvalue weighted by molar-refractivity contribution is 5.94. The van der Waals surface area contributed by atoms with E-state index in [1.165, 1.54) is 0 Å². The number of amides is 2. The molecule has 158 valence electrons. The van der Waals surface area contributed by atoms with Crippen molar-refractivity contribution in [1.82, 2.24) is 14.7 Å². The molecule has 6 heteroatoms. The molecule has 6 nitrogen and oxygen atoms in total. The Labute approximate surface area is 174 Å². The third-order valence-electron chi connectivity index (χ3n) is 4.86. The first-order valence-corrected chi connectivity index (χ1v) is 10.4. The Kier molecular flexibility index (Phi) is 7.59. The van der Waals surface area contributed by atoms with E-state index in [0.29, 0.717) is 18.8 Å². The molecule has 0 unspecified atom stereocenters. The van der Waals surface area contributed by atoms with Crippen LogP contribution in [0.25, 0.3) is 5.69 Å². The van der Waals surface area contributed by atoms with Gasteiger partial charge in [0.25, 0.3) is 0 Å². The summed E-state index contributed by atoms with van der Waals surface area (Å²) in [6.45, 7) is 12.8. The molecular weight excluding hydrogens is 364 g/mol. The van der Waals surface area contributed by atoms with Crippen LogP contribution < -0.4 is 5.32 Å². The molecular formula is C23H34N4O2. The van der Waals surface area contributed by atoms with Gasteiger partial charge in [-0.3, -0.25) is 9.59 Å². The van der Waals surface area contributed by atoms with Gasteiger partial charge in [0.05, 0.1) is 17.9 Å². The number of hydrogen-bond acceptors (Lipinski definition) is 3. The van der Waals surface area contributed by atoms with Gasteiger partial charge >= 0.3 is 0 Å². The lowest BCUT2D eigenvalue weighted by molar-refractivity contribution is -0.134. The van der Waals surface area contributed by atoms with Crippen molar-refractivity contribution in [3.63, 3.8) is 0 Å². The van der Waals surface area contributed by atoms with Crippen LogP contribution in [-0.4, -0.2) is 39.6 Å². The third-order valence-corrected chi connectivity index (χ3v) is 4.86. The number of nitrogens with zero attached hydrogens (tertiary/aromatic N) is 3. The van der Waals surface area contributed by atoms with Crippen molar-refractivity contribution in [3.05, 3.63) is 41.6 Å². The standard InChI is InChI=1S/C23H34N4O2/c1-7-9-14-26(22(29)8-2)16-21(28)24-20-15-19(23(4,5)6)25-27(20)18-13-11-10-12-17(18)3/h10-13,15H,7-9,14,16H2,1-6H3,(H,24,28). The summed E-state index contributed by atoms with van der Waals surface area (Å²) in [7, 11) is 0. The van der Waals surface area contributed by atoms with Gasteiger partial charge in [-0.15, -0.1) is 0 Å². The molecule has 0 fully saturated rings. The molecule has 0 radical (unpaired) electrons. The maximum absolute atomic E-state index is 12.8. The Balaban J connectivity index is 2.31. The number of rotatable bonds is 8. The predicted molar refractivity (Wildman–Crippen MR) is 117 cm³/mol. The second kappa shape index (κ2) is 9.72. The highest BCUT2D eigenvalue weighted by atomic mass is 16.2. The van der Waals surface area contributed by atoms with Crippen LogP contribution in [0, 0.1) is 6.92 Å². The molecule has 1 aromatic heterocycles. The van der Waals surface area contributed by atoms with Crippen LogP contribution >= 0.6 is 0 Å². The van der Waals surface area contributed by atoms with E-state index in [1.807, 2.05) is 44.2 Å². The number of aromatic nitrogens is 2. The smallest absolute Gasteiger partial charge is 0.245 e. The van der Waals surface area contributed by atoms with Gasteiger partial charge in [-0.1, -0.05) is 59.2 Å². The van der Waals surface area contributed by atoms with E-state index >= 15 is 0 Å². The van der Waals surface area contributed by atoms with Crippen LogP contribution in [-0.2, 0) is 15.0 Å². The molecule has 0 bridgehead atoms. The molecule has 2 rings (SSSR count). The lowest BCUT2D eigenvalue weighted by atomic mass is 9.92. The minimum atomic E-state index is -0.210. The second-order valence-electron chi connectivity index (χ2n) is 8.43. The molecule has 0 saturated heterocycles. The average Bonchev–Trinajstić information content (AvgIpc) is 3.08. The first kappa shape index (κ1) is 22.7. The number of aryl methyl sites for hydroxylation is 1. The van der Waals surface area contributed by atoms with E-state index in [0.717, 1.165) is 29.8 Å². The topological polar surface area (TPSA) is 67.2 Å². The Hall–Kier alpha value is -2.63. The monoisotopic (exact) mass is 398 g/mol. The van der Waals surface area contributed by atoms with Gasteiger partial charge in [0, 0.05) is 24.4 Å². The van der Waals surface area contributed by atoms with E-state index < -0.39 is 0 Å². The SMILES string of the molecule is CCCCN(CC(=O)Nc1cc(C(C)(C)C)nn1-c1ccccc1C)C(=O)CC. The fraction of sp³-hybridized carbons (Fsp3) is 0.522. The van der Waals surface area contributed by atoms with Crippen LogP contribution in [0.4, 0.5) is 5.82 Å². The Morgan fingerprint density at radius 1 is 1.17 bits per heavy atom. The Bertz CT molecular complexity index is 849. The minimum absolute atomic E-state index is 0.00334. The summed E-state index contributed by atoms with van der Waals surface area (Å²) >= 11 is 0. The first-order chi connectivity index (χ1) is 13.7. The zero-order valence-electron chi connectivity index (χ0n) is 18.6. The first-order valence-electron chi connectivity index (χ1n) is 10.4. The summed E-state index contributed by atoms with van der Waals surface area (Å²) in [4.78, 5) is 26.6. The summed E-state index contributed by atoms with van der Waals surface area (Å²) < 4.78 is 1.78. The number of para-hydroxylation sites is 1. The normalized spacial score (nSPS) is 11.4. The average molecular weight is 399 g/mol. The van der Waals surface area contributed by atoms with E-state index in [4.69, 9.17) is 5.10 Å². The van der Waals surface area contributed by atoms with Crippen molar-refractivity contribution in [1.29, 1.82) is 0 Å². The van der Waals surface area contributed by atoms with Gasteiger partial charge in [0.2, 0.25) is 11.8 Å². The zero-order chi connectivity index (χ0) is 21.6. The zero-order valence-corrected chi connectivity index (χ0v) is 18.6. The van der Waals surface area contributed by atoms with Crippen LogP contribution in [0.3, 0.4) is 0 Å². The van der Waals surface area contributed by atoms with Crippen molar-refractivity contribution in [2.24, 2.45) is 0 Å². The van der Waals surface area contributed by atoms with Crippen molar-refractivity contribution in [2.75, 3.05) is 18.4 Å². The highest BCUT2D eigenvalue weighted by Crippen LogP contribution is 2.27. The fourth-order valence-corrected chi connectivity index (χ4v) is 3.04. The number of unbranched alkanes of at least 4 members (excludes halogenated alkanes) is 1. The quantitative estimate of drug-likeness (QED) is 0.714. The lowest BCUT2D eigenvalue weighted by Gasteiger charge is -2.21. The van der Waals surface area contributed by atoms with Crippen molar-refractivity contribution in [2.45, 2.75) is 66.2 Å². The minimum Gasteiger partial charge on any atom is -0.333 e. The fourth-order valence-electron chi connectivity index (χ4n) is 3.04. The van der Waals surface area contributed by atoms with Gasteiger partial charge in [-0.2, -0.15) is 5.10 Å². The molecule has 1 aromatic carbocycles. The van der Waals surface area contributed by atoms with Crippen LogP contribution in [0.5, 0.6) is 0 Å². The number of benzene rings is 1. The molecule has 1 heterocycles. The molecule has 2 aromatic rings. The molecule has 0 atom stereocenters. The van der Waals surface area contributed by atoms with Gasteiger partial charge in [0.15, 0.2) is 0 Å². The highest BCUT2D eigenvalue weighted by Gasteiger charge is 2.23. The van der Waals surface area contributed by atoms with Crippen LogP contribution in [0.1, 0.15) is 65.1 Å². The summed E-state index contributed by atoms with van der Waals surface area (Å²) in [6.07, 6.45) is 2.25. The van der Waals surface area contributed by atoms with Gasteiger partial charge in [-0.25, -0.2) is 4.68 Å². The molecule has 0 aliphatic carbocycles. The van der Waals surface area contributed by atoms with Gasteiger partial charge < -0.3 is 10.2 Å². The van der Waals surface area contributed by atoms with E-state index in [1.54, 1.807) is 9.58 Å². The number of carbonyl (C=O) groups excluding carboxylic acids is 2. The molecule has 0 spiro atoms. The molecule has 0 aliphatic heterocycles. The van der Waals surface area contributed by atoms with E-state index in [2.05, 4.69) is 33.0 Å². The molecule has 1 N–H and O–H groups in total. The van der Waals surface area contributed by atoms with Gasteiger partial charge in [-0.05, 0) is 25.0 Å². The summed E-state index contributed by atoms with van der Waals surface area (Å²) in [5.41, 5.74) is 2.73. The van der Waals surface area contributed by atoms with Crippen LogP contribution in [0.2, 0.25) is 0 Å². The van der Waals surface area contributed by atoms with Crippen molar-refractivity contribution >= 4 is 17.6 Å². The largest absolute Gasteiger partial charge is 0.333 e. The van der Waals surface area contributed by atoms with Crippen molar-refractivity contribution < 1.29 is 9.59 Å². The molecule has 0 saturated carbocycles. The number of carbonyl (C=O) groups is 2. The number of anilines is 1. The molecule has 2 amide bonds.